The maximum atomic E-state index is 12.8. The smallest absolute Gasteiger partial charge is 0.306 e. The zero-order valence-corrected chi connectivity index (χ0v) is 48.7. The van der Waals surface area contributed by atoms with Crippen LogP contribution in [0.5, 0.6) is 0 Å². The van der Waals surface area contributed by atoms with Gasteiger partial charge in [-0.15, -0.1) is 0 Å². The Morgan fingerprint density at radius 2 is 0.500 bits per heavy atom. The normalized spacial score (nSPS) is 12.1. The quantitative estimate of drug-likeness (QED) is 0.0261. The molecule has 0 saturated heterocycles. The van der Waals surface area contributed by atoms with Crippen molar-refractivity contribution in [1.82, 2.24) is 0 Å². The summed E-state index contributed by atoms with van der Waals surface area (Å²) in [6.07, 6.45) is 73.6. The number of hydrogen-bond donors (Lipinski definition) is 0. The molecule has 72 heavy (non-hydrogen) atoms. The van der Waals surface area contributed by atoms with Crippen LogP contribution in [0, 0.1) is 0 Å². The third-order valence-electron chi connectivity index (χ3n) is 14.7. The van der Waals surface area contributed by atoms with Crippen molar-refractivity contribution >= 4 is 17.9 Å². The standard InChI is InChI=1S/C66H124O6/c1-4-7-10-13-16-19-21-23-25-27-28-29-30-31-32-33-34-35-36-37-38-39-41-42-44-47-50-53-56-59-65(68)71-62-63(61-70-64(67)58-55-52-49-46-18-15-12-9-6-3)72-66(69)60-57-54-51-48-45-43-40-26-24-22-20-17-14-11-8-5-2/h20,22,26,40,63H,4-19,21,23-25,27-39,41-62H2,1-3H3/b22-20-,40-26-. The first-order valence-electron chi connectivity index (χ1n) is 32.3. The number of rotatable bonds is 60. The average Bonchev–Trinajstić information content (AvgIpc) is 3.38. The number of ether oxygens (including phenoxy) is 3. The lowest BCUT2D eigenvalue weighted by Gasteiger charge is -2.18. The van der Waals surface area contributed by atoms with E-state index >= 15 is 0 Å². The molecular weight excluding hydrogens is 889 g/mol. The monoisotopic (exact) mass is 1010 g/mol. The molecule has 0 aliphatic carbocycles. The second kappa shape index (κ2) is 61.4. The largest absolute Gasteiger partial charge is 0.462 e. The molecule has 0 aromatic heterocycles. The Morgan fingerprint density at radius 1 is 0.278 bits per heavy atom. The van der Waals surface area contributed by atoms with Gasteiger partial charge in [-0.2, -0.15) is 0 Å². The van der Waals surface area contributed by atoms with Gasteiger partial charge in [0.1, 0.15) is 13.2 Å². The summed E-state index contributed by atoms with van der Waals surface area (Å²) in [7, 11) is 0. The number of carbonyl (C=O) groups excluding carboxylic acids is 3. The van der Waals surface area contributed by atoms with Crippen molar-refractivity contribution in [3.63, 3.8) is 0 Å². The van der Waals surface area contributed by atoms with E-state index in [2.05, 4.69) is 45.1 Å². The van der Waals surface area contributed by atoms with Gasteiger partial charge in [-0.25, -0.2) is 0 Å². The molecule has 0 saturated carbocycles. The summed E-state index contributed by atoms with van der Waals surface area (Å²) in [5, 5.41) is 0. The van der Waals surface area contributed by atoms with Gasteiger partial charge < -0.3 is 14.2 Å². The molecule has 0 radical (unpaired) electrons. The van der Waals surface area contributed by atoms with Gasteiger partial charge in [0.25, 0.3) is 0 Å². The minimum absolute atomic E-state index is 0.0717. The summed E-state index contributed by atoms with van der Waals surface area (Å²) in [5.74, 6) is -0.866. The highest BCUT2D eigenvalue weighted by Gasteiger charge is 2.19. The lowest BCUT2D eigenvalue weighted by Crippen LogP contribution is -2.30. The number of hydrogen-bond acceptors (Lipinski definition) is 6. The molecule has 424 valence electrons. The highest BCUT2D eigenvalue weighted by Crippen LogP contribution is 2.18. The number of carbonyl (C=O) groups is 3. The second-order valence-corrected chi connectivity index (χ2v) is 22.0. The van der Waals surface area contributed by atoms with E-state index in [0.29, 0.717) is 19.3 Å². The lowest BCUT2D eigenvalue weighted by molar-refractivity contribution is -0.167. The van der Waals surface area contributed by atoms with Crippen molar-refractivity contribution in [3.8, 4) is 0 Å². The van der Waals surface area contributed by atoms with E-state index in [0.717, 1.165) is 77.0 Å². The topological polar surface area (TPSA) is 78.9 Å². The summed E-state index contributed by atoms with van der Waals surface area (Å²) < 4.78 is 16.9. The van der Waals surface area contributed by atoms with Crippen LogP contribution in [0.3, 0.4) is 0 Å². The Hall–Kier alpha value is -2.11. The molecule has 0 aromatic carbocycles. The van der Waals surface area contributed by atoms with Crippen LogP contribution in [0.4, 0.5) is 0 Å². The van der Waals surface area contributed by atoms with E-state index in [1.54, 1.807) is 0 Å². The van der Waals surface area contributed by atoms with Crippen molar-refractivity contribution in [2.75, 3.05) is 13.2 Å². The predicted molar refractivity (Wildman–Crippen MR) is 312 cm³/mol. The highest BCUT2D eigenvalue weighted by atomic mass is 16.6. The molecule has 0 bridgehead atoms. The fourth-order valence-electron chi connectivity index (χ4n) is 9.83. The van der Waals surface area contributed by atoms with Gasteiger partial charge in [-0.05, 0) is 51.4 Å². The van der Waals surface area contributed by atoms with Crippen LogP contribution >= 0.6 is 0 Å². The molecule has 0 aliphatic rings. The second-order valence-electron chi connectivity index (χ2n) is 22.0. The van der Waals surface area contributed by atoms with Crippen LogP contribution in [0.25, 0.3) is 0 Å². The molecule has 6 heteroatoms. The van der Waals surface area contributed by atoms with Crippen LogP contribution in [0.1, 0.15) is 361 Å². The summed E-state index contributed by atoms with van der Waals surface area (Å²) in [6.45, 7) is 6.65. The molecule has 1 atom stereocenters. The first-order chi connectivity index (χ1) is 35.5. The molecule has 0 aromatic rings. The first kappa shape index (κ1) is 69.9. The van der Waals surface area contributed by atoms with E-state index < -0.39 is 6.10 Å². The Morgan fingerprint density at radius 3 is 0.778 bits per heavy atom. The van der Waals surface area contributed by atoms with Gasteiger partial charge in [-0.1, -0.05) is 315 Å². The first-order valence-corrected chi connectivity index (χ1v) is 32.3. The van der Waals surface area contributed by atoms with Crippen molar-refractivity contribution in [2.24, 2.45) is 0 Å². The molecule has 0 rings (SSSR count). The van der Waals surface area contributed by atoms with E-state index in [1.807, 2.05) is 0 Å². The molecule has 0 heterocycles. The molecule has 1 unspecified atom stereocenters. The molecular formula is C66H124O6. The molecule has 6 nitrogen and oxygen atoms in total. The van der Waals surface area contributed by atoms with Gasteiger partial charge in [-0.3, -0.25) is 14.4 Å². The van der Waals surface area contributed by atoms with Gasteiger partial charge in [0, 0.05) is 19.3 Å². The molecule has 0 amide bonds. The fraction of sp³-hybridized carbons (Fsp3) is 0.894. The van der Waals surface area contributed by atoms with Crippen LogP contribution in [-0.2, 0) is 28.6 Å². The third-order valence-corrected chi connectivity index (χ3v) is 14.7. The summed E-state index contributed by atoms with van der Waals surface area (Å²) in [4.78, 5) is 38.1. The van der Waals surface area contributed by atoms with E-state index in [-0.39, 0.29) is 31.1 Å². The van der Waals surface area contributed by atoms with Crippen molar-refractivity contribution < 1.29 is 28.6 Å². The lowest BCUT2D eigenvalue weighted by atomic mass is 10.0. The van der Waals surface area contributed by atoms with Gasteiger partial charge in [0.05, 0.1) is 0 Å². The van der Waals surface area contributed by atoms with Crippen molar-refractivity contribution in [3.05, 3.63) is 24.3 Å². The average molecular weight is 1010 g/mol. The molecule has 0 fully saturated rings. The predicted octanol–water partition coefficient (Wildman–Crippen LogP) is 21.8. The Kier molecular flexibility index (Phi) is 59.6. The third kappa shape index (κ3) is 58.8. The minimum Gasteiger partial charge on any atom is -0.462 e. The molecule has 0 spiro atoms. The maximum absolute atomic E-state index is 12.8. The fourth-order valence-corrected chi connectivity index (χ4v) is 9.83. The van der Waals surface area contributed by atoms with Crippen LogP contribution < -0.4 is 0 Å². The summed E-state index contributed by atoms with van der Waals surface area (Å²) in [5.41, 5.74) is 0. The maximum Gasteiger partial charge on any atom is 0.306 e. The Labute approximate surface area is 449 Å². The molecule has 0 aliphatic heterocycles. The Balaban J connectivity index is 4.07. The zero-order chi connectivity index (χ0) is 52.2. The van der Waals surface area contributed by atoms with Crippen LogP contribution in [0.15, 0.2) is 24.3 Å². The zero-order valence-electron chi connectivity index (χ0n) is 48.7. The molecule has 0 N–H and O–H groups in total. The number of allylic oxidation sites excluding steroid dienone is 4. The van der Waals surface area contributed by atoms with Gasteiger partial charge in [0.15, 0.2) is 6.10 Å². The summed E-state index contributed by atoms with van der Waals surface area (Å²) in [6, 6.07) is 0. The van der Waals surface area contributed by atoms with Crippen LogP contribution in [-0.4, -0.2) is 37.2 Å². The number of esters is 3. The highest BCUT2D eigenvalue weighted by molar-refractivity contribution is 5.71. The summed E-state index contributed by atoms with van der Waals surface area (Å²) >= 11 is 0. The SMILES string of the molecule is CCCCCC/C=C\C/C=C\CCCCCCCC(=O)OC(COC(=O)CCCCCCCCCCC)COC(=O)CCCCCCCCCCCCCCCCCCCCCCCCCCCCCCC. The van der Waals surface area contributed by atoms with Crippen molar-refractivity contribution in [2.45, 2.75) is 367 Å². The Bertz CT molecular complexity index is 1160. The minimum atomic E-state index is -0.773. The van der Waals surface area contributed by atoms with Crippen LogP contribution in [0.2, 0.25) is 0 Å². The van der Waals surface area contributed by atoms with E-state index in [4.69, 9.17) is 14.2 Å². The van der Waals surface area contributed by atoms with Crippen molar-refractivity contribution in [1.29, 1.82) is 0 Å². The van der Waals surface area contributed by atoms with Gasteiger partial charge in [0.2, 0.25) is 0 Å². The van der Waals surface area contributed by atoms with E-state index in [1.165, 1.54) is 244 Å². The van der Waals surface area contributed by atoms with Gasteiger partial charge >= 0.3 is 17.9 Å². The number of unbranched alkanes of at least 4 members (excludes halogenated alkanes) is 45. The van der Waals surface area contributed by atoms with E-state index in [9.17, 15) is 14.4 Å².